The molecule has 1 saturated carbocycles. The van der Waals surface area contributed by atoms with Crippen molar-refractivity contribution in [3.63, 3.8) is 0 Å². The van der Waals surface area contributed by atoms with Crippen LogP contribution in [0.5, 0.6) is 0 Å². The van der Waals surface area contributed by atoms with Crippen molar-refractivity contribution in [2.45, 2.75) is 58.4 Å². The zero-order valence-corrected chi connectivity index (χ0v) is 10.6. The number of carbonyl (C=O) groups is 1. The Morgan fingerprint density at radius 3 is 2.06 bits per heavy atom. The highest BCUT2D eigenvalue weighted by molar-refractivity contribution is 5.74. The van der Waals surface area contributed by atoms with Gasteiger partial charge in [0.2, 0.25) is 0 Å². The summed E-state index contributed by atoms with van der Waals surface area (Å²) in [6, 6.07) is -0.210. The van der Waals surface area contributed by atoms with E-state index >= 15 is 0 Å². The molecule has 3 heteroatoms. The van der Waals surface area contributed by atoms with Crippen LogP contribution in [0.1, 0.15) is 52.4 Å². The molecule has 0 bridgehead atoms. The van der Waals surface area contributed by atoms with E-state index in [4.69, 9.17) is 0 Å². The van der Waals surface area contributed by atoms with Gasteiger partial charge in [0, 0.05) is 0 Å². The Hall–Kier alpha value is -0.570. The van der Waals surface area contributed by atoms with Crippen molar-refractivity contribution in [3.05, 3.63) is 0 Å². The van der Waals surface area contributed by atoms with Crippen molar-refractivity contribution >= 4 is 5.97 Å². The Bertz CT molecular complexity index is 206. The van der Waals surface area contributed by atoms with E-state index < -0.39 is 5.97 Å². The average Bonchev–Trinajstić information content (AvgIpc) is 3.05. The van der Waals surface area contributed by atoms with E-state index in [0.29, 0.717) is 5.92 Å². The molecule has 1 aliphatic rings. The molecule has 0 aliphatic heterocycles. The lowest BCUT2D eigenvalue weighted by Gasteiger charge is -2.28. The summed E-state index contributed by atoms with van der Waals surface area (Å²) in [4.78, 5) is 13.5. The number of carboxylic acid groups (broad SMARTS) is 1. The van der Waals surface area contributed by atoms with E-state index in [2.05, 4.69) is 18.7 Å². The maximum absolute atomic E-state index is 11.3. The lowest BCUT2D eigenvalue weighted by molar-refractivity contribution is -0.144. The monoisotopic (exact) mass is 227 g/mol. The minimum atomic E-state index is -0.616. The fourth-order valence-corrected chi connectivity index (χ4v) is 2.18. The van der Waals surface area contributed by atoms with Gasteiger partial charge in [-0.25, -0.2) is 0 Å². The Balaban J connectivity index is 2.51. The number of unbranched alkanes of at least 4 members (excludes halogenated alkanes) is 2. The van der Waals surface area contributed by atoms with Crippen LogP contribution in [-0.2, 0) is 4.79 Å². The van der Waals surface area contributed by atoms with Crippen LogP contribution in [0.25, 0.3) is 0 Å². The van der Waals surface area contributed by atoms with Gasteiger partial charge in [0.1, 0.15) is 6.04 Å². The average molecular weight is 227 g/mol. The number of rotatable bonds is 9. The zero-order valence-electron chi connectivity index (χ0n) is 10.6. The largest absolute Gasteiger partial charge is 0.480 e. The second kappa shape index (κ2) is 6.89. The minimum Gasteiger partial charge on any atom is -0.480 e. The first kappa shape index (κ1) is 13.5. The topological polar surface area (TPSA) is 40.5 Å². The van der Waals surface area contributed by atoms with Gasteiger partial charge in [0.25, 0.3) is 0 Å². The van der Waals surface area contributed by atoms with Crippen LogP contribution in [0, 0.1) is 5.92 Å². The molecule has 1 aliphatic carbocycles. The zero-order chi connectivity index (χ0) is 12.0. The summed E-state index contributed by atoms with van der Waals surface area (Å²) >= 11 is 0. The van der Waals surface area contributed by atoms with Gasteiger partial charge in [0.05, 0.1) is 0 Å². The van der Waals surface area contributed by atoms with Gasteiger partial charge in [-0.2, -0.15) is 0 Å². The molecule has 1 fully saturated rings. The van der Waals surface area contributed by atoms with Gasteiger partial charge in [0.15, 0.2) is 0 Å². The molecule has 1 unspecified atom stereocenters. The molecule has 16 heavy (non-hydrogen) atoms. The van der Waals surface area contributed by atoms with Gasteiger partial charge in [-0.1, -0.05) is 26.7 Å². The smallest absolute Gasteiger partial charge is 0.321 e. The van der Waals surface area contributed by atoms with Crippen molar-refractivity contribution in [1.29, 1.82) is 0 Å². The highest BCUT2D eigenvalue weighted by atomic mass is 16.4. The summed E-state index contributed by atoms with van der Waals surface area (Å²) in [6.07, 6.45) is 6.71. The van der Waals surface area contributed by atoms with Gasteiger partial charge in [-0.05, 0) is 44.7 Å². The van der Waals surface area contributed by atoms with Gasteiger partial charge < -0.3 is 5.11 Å². The predicted molar refractivity (Wildman–Crippen MR) is 65.5 cm³/mol. The van der Waals surface area contributed by atoms with E-state index in [0.717, 1.165) is 51.6 Å². The lowest BCUT2D eigenvalue weighted by atomic mass is 10.1. The van der Waals surface area contributed by atoms with E-state index in [9.17, 15) is 9.90 Å². The molecule has 0 heterocycles. The number of hydrogen-bond donors (Lipinski definition) is 1. The Morgan fingerprint density at radius 1 is 1.25 bits per heavy atom. The van der Waals surface area contributed by atoms with Gasteiger partial charge in [-0.15, -0.1) is 0 Å². The molecule has 1 N–H and O–H groups in total. The van der Waals surface area contributed by atoms with Crippen molar-refractivity contribution in [2.24, 2.45) is 5.92 Å². The van der Waals surface area contributed by atoms with Crippen LogP contribution in [0.2, 0.25) is 0 Å². The normalized spacial score (nSPS) is 17.7. The fourth-order valence-electron chi connectivity index (χ4n) is 2.18. The summed E-state index contributed by atoms with van der Waals surface area (Å²) in [5.74, 6) is -0.194. The predicted octanol–water partition coefficient (Wildman–Crippen LogP) is 2.75. The lowest BCUT2D eigenvalue weighted by Crippen LogP contribution is -2.43. The first-order chi connectivity index (χ1) is 7.70. The van der Waals surface area contributed by atoms with E-state index in [-0.39, 0.29) is 6.04 Å². The summed E-state index contributed by atoms with van der Waals surface area (Å²) < 4.78 is 0. The second-order valence-electron chi connectivity index (χ2n) is 4.86. The van der Waals surface area contributed by atoms with Crippen LogP contribution in [0.4, 0.5) is 0 Å². The molecule has 1 rings (SSSR count). The van der Waals surface area contributed by atoms with E-state index in [1.54, 1.807) is 0 Å². The fraction of sp³-hybridized carbons (Fsp3) is 0.923. The molecule has 0 amide bonds. The number of hydrogen-bond acceptors (Lipinski definition) is 2. The van der Waals surface area contributed by atoms with Gasteiger partial charge >= 0.3 is 5.97 Å². The van der Waals surface area contributed by atoms with Crippen LogP contribution in [-0.4, -0.2) is 35.1 Å². The molecule has 0 radical (unpaired) electrons. The summed E-state index contributed by atoms with van der Waals surface area (Å²) in [7, 11) is 0. The van der Waals surface area contributed by atoms with Crippen LogP contribution in [0.3, 0.4) is 0 Å². The standard InChI is InChI=1S/C13H25NO2/c1-3-5-9-14(10-6-4-2)12(13(15)16)11-7-8-11/h11-12H,3-10H2,1-2H3,(H,15,16). The van der Waals surface area contributed by atoms with Crippen molar-refractivity contribution in [1.82, 2.24) is 4.90 Å². The third kappa shape index (κ3) is 4.12. The molecule has 0 aromatic heterocycles. The molecule has 1 atom stereocenters. The summed E-state index contributed by atoms with van der Waals surface area (Å²) in [5, 5.41) is 9.31. The first-order valence-corrected chi connectivity index (χ1v) is 6.67. The quantitative estimate of drug-likeness (QED) is 0.658. The number of carboxylic acids is 1. The molecular formula is C13H25NO2. The number of aliphatic carboxylic acids is 1. The van der Waals surface area contributed by atoms with Crippen LogP contribution < -0.4 is 0 Å². The van der Waals surface area contributed by atoms with Gasteiger partial charge in [-0.3, -0.25) is 9.69 Å². The van der Waals surface area contributed by atoms with Crippen molar-refractivity contribution in [2.75, 3.05) is 13.1 Å². The molecule has 3 nitrogen and oxygen atoms in total. The maximum Gasteiger partial charge on any atom is 0.321 e. The third-order valence-corrected chi connectivity index (χ3v) is 3.31. The summed E-state index contributed by atoms with van der Waals surface area (Å²) in [5.41, 5.74) is 0. The Kier molecular flexibility index (Phi) is 5.81. The molecule has 0 saturated heterocycles. The van der Waals surface area contributed by atoms with Crippen LogP contribution >= 0.6 is 0 Å². The van der Waals surface area contributed by atoms with Crippen molar-refractivity contribution in [3.8, 4) is 0 Å². The maximum atomic E-state index is 11.3. The molecule has 0 spiro atoms. The van der Waals surface area contributed by atoms with E-state index in [1.165, 1.54) is 0 Å². The van der Waals surface area contributed by atoms with Crippen LogP contribution in [0.15, 0.2) is 0 Å². The highest BCUT2D eigenvalue weighted by Gasteiger charge is 2.39. The molecule has 0 aromatic carbocycles. The second-order valence-corrected chi connectivity index (χ2v) is 4.86. The molecular weight excluding hydrogens is 202 g/mol. The molecule has 0 aromatic rings. The first-order valence-electron chi connectivity index (χ1n) is 6.67. The Labute approximate surface area is 98.8 Å². The third-order valence-electron chi connectivity index (χ3n) is 3.31. The van der Waals surface area contributed by atoms with Crippen molar-refractivity contribution < 1.29 is 9.90 Å². The SMILES string of the molecule is CCCCN(CCCC)C(C(=O)O)C1CC1. The highest BCUT2D eigenvalue weighted by Crippen LogP contribution is 2.35. The summed E-state index contributed by atoms with van der Waals surface area (Å²) in [6.45, 7) is 6.21. The van der Waals surface area contributed by atoms with E-state index in [1.807, 2.05) is 0 Å². The minimum absolute atomic E-state index is 0.210. The number of nitrogens with zero attached hydrogens (tertiary/aromatic N) is 1. The molecule has 94 valence electrons. The Morgan fingerprint density at radius 2 is 1.75 bits per heavy atom.